The molecular formula is C30H48ClNO. The molecule has 0 aromatic rings. The summed E-state index contributed by atoms with van der Waals surface area (Å²) >= 11 is 6.13. The van der Waals surface area contributed by atoms with Crippen molar-refractivity contribution in [2.45, 2.75) is 98.0 Å². The van der Waals surface area contributed by atoms with Gasteiger partial charge in [0.05, 0.1) is 12.7 Å². The Bertz CT molecular complexity index is 740. The zero-order valence-electron chi connectivity index (χ0n) is 22.0. The average Bonchev–Trinajstić information content (AvgIpc) is 3.01. The lowest BCUT2D eigenvalue weighted by molar-refractivity contribution is 0.0583. The number of nitrogens with zero attached hydrogens (tertiary/aromatic N) is 1. The molecule has 33 heavy (non-hydrogen) atoms. The summed E-state index contributed by atoms with van der Waals surface area (Å²) in [5.74, 6) is 1.46. The van der Waals surface area contributed by atoms with E-state index in [1.54, 1.807) is 11.3 Å². The molecule has 186 valence electrons. The third-order valence-electron chi connectivity index (χ3n) is 7.45. The molecule has 1 saturated carbocycles. The fourth-order valence-electron chi connectivity index (χ4n) is 5.34. The van der Waals surface area contributed by atoms with Crippen molar-refractivity contribution in [1.29, 1.82) is 0 Å². The van der Waals surface area contributed by atoms with Crippen molar-refractivity contribution in [1.82, 2.24) is 4.90 Å². The lowest BCUT2D eigenvalue weighted by Crippen LogP contribution is -2.25. The summed E-state index contributed by atoms with van der Waals surface area (Å²) < 4.78 is 6.25. The molecule has 3 atom stereocenters. The van der Waals surface area contributed by atoms with Gasteiger partial charge >= 0.3 is 0 Å². The second kappa shape index (κ2) is 14.9. The van der Waals surface area contributed by atoms with E-state index in [9.17, 15) is 0 Å². The topological polar surface area (TPSA) is 12.5 Å². The van der Waals surface area contributed by atoms with E-state index < -0.39 is 0 Å². The molecule has 2 unspecified atom stereocenters. The van der Waals surface area contributed by atoms with E-state index in [1.807, 2.05) is 13.0 Å². The first-order valence-electron chi connectivity index (χ1n) is 13.1. The Hall–Kier alpha value is -1.25. The highest BCUT2D eigenvalue weighted by Crippen LogP contribution is 2.35. The van der Waals surface area contributed by atoms with Crippen molar-refractivity contribution in [3.63, 3.8) is 0 Å². The number of ether oxygens (including phenoxy) is 1. The summed E-state index contributed by atoms with van der Waals surface area (Å²) in [4.78, 5) is 2.54. The fourth-order valence-corrected chi connectivity index (χ4v) is 5.41. The van der Waals surface area contributed by atoms with Crippen LogP contribution < -0.4 is 0 Å². The molecule has 2 rings (SSSR count). The van der Waals surface area contributed by atoms with Gasteiger partial charge in [-0.05, 0) is 95.6 Å². The summed E-state index contributed by atoms with van der Waals surface area (Å²) in [6, 6.07) is 0. The third-order valence-corrected chi connectivity index (χ3v) is 7.58. The average molecular weight is 474 g/mol. The number of hydrogen-bond acceptors (Lipinski definition) is 2. The third kappa shape index (κ3) is 10.3. The van der Waals surface area contributed by atoms with Gasteiger partial charge in [0, 0.05) is 24.3 Å². The molecule has 2 nitrogen and oxygen atoms in total. The lowest BCUT2D eigenvalue weighted by atomic mass is 9.87. The van der Waals surface area contributed by atoms with Gasteiger partial charge in [-0.15, -0.1) is 0 Å². The molecule has 0 aromatic heterocycles. The van der Waals surface area contributed by atoms with Crippen LogP contribution in [0.1, 0.15) is 91.9 Å². The van der Waals surface area contributed by atoms with Crippen molar-refractivity contribution in [2.75, 3.05) is 20.2 Å². The minimum atomic E-state index is 0.392. The van der Waals surface area contributed by atoms with Gasteiger partial charge in [0.25, 0.3) is 0 Å². The van der Waals surface area contributed by atoms with Gasteiger partial charge < -0.3 is 9.64 Å². The van der Waals surface area contributed by atoms with E-state index >= 15 is 0 Å². The summed E-state index contributed by atoms with van der Waals surface area (Å²) in [6.07, 6.45) is 21.0. The first-order chi connectivity index (χ1) is 15.8. The molecule has 1 saturated heterocycles. The van der Waals surface area contributed by atoms with Crippen LogP contribution in [-0.4, -0.2) is 31.2 Å². The standard InChI is InChI=1S/C30H48ClNO/c1-7-10-24(3)22-33-29-14-9-13-28(18-19-29)26(5)30-20-15-23(2)11-8-12-27(21-32(30)6)17-16-25(4)31/h7,10,16-17,23,28-29H,1,8-9,11-15,18-22H2,2-6H3/b24-10+,25-16+,27-17+,30-26+/t23?,28-,29?/m1/s1. The lowest BCUT2D eigenvalue weighted by Gasteiger charge is -2.31. The Labute approximate surface area is 209 Å². The van der Waals surface area contributed by atoms with Crippen molar-refractivity contribution in [3.05, 3.63) is 58.3 Å². The minimum Gasteiger partial charge on any atom is -0.374 e. The van der Waals surface area contributed by atoms with Crippen molar-refractivity contribution in [3.8, 4) is 0 Å². The quantitative estimate of drug-likeness (QED) is 0.282. The molecule has 0 radical (unpaired) electrons. The highest BCUT2D eigenvalue weighted by Gasteiger charge is 2.24. The first kappa shape index (κ1) is 28.0. The Morgan fingerprint density at radius 2 is 1.82 bits per heavy atom. The van der Waals surface area contributed by atoms with E-state index in [0.29, 0.717) is 12.0 Å². The smallest absolute Gasteiger partial charge is 0.0680 e. The molecule has 3 heteroatoms. The molecule has 1 aliphatic carbocycles. The second-order valence-electron chi connectivity index (χ2n) is 10.5. The number of rotatable bonds is 6. The molecule has 0 aromatic carbocycles. The predicted molar refractivity (Wildman–Crippen MR) is 146 cm³/mol. The van der Waals surface area contributed by atoms with Crippen LogP contribution in [0.5, 0.6) is 0 Å². The Balaban J connectivity index is 2.13. The molecule has 0 bridgehead atoms. The summed E-state index contributed by atoms with van der Waals surface area (Å²) in [5.41, 5.74) is 5.95. The zero-order valence-corrected chi connectivity index (χ0v) is 22.7. The van der Waals surface area contributed by atoms with Gasteiger partial charge in [0.2, 0.25) is 0 Å². The van der Waals surface area contributed by atoms with Crippen LogP contribution >= 0.6 is 11.6 Å². The SMILES string of the molecule is C=C/C=C(\C)COC1CCC[C@@H](/C(C)=C2\CCC(C)CCC/C(=C\C=C(/C)Cl)CN2C)CC1. The largest absolute Gasteiger partial charge is 0.374 e. The van der Waals surface area contributed by atoms with Crippen molar-refractivity contribution < 1.29 is 4.74 Å². The monoisotopic (exact) mass is 473 g/mol. The molecular weight excluding hydrogens is 426 g/mol. The number of hydrogen-bond donors (Lipinski definition) is 0. The van der Waals surface area contributed by atoms with E-state index in [2.05, 4.69) is 57.5 Å². The first-order valence-corrected chi connectivity index (χ1v) is 13.5. The Morgan fingerprint density at radius 1 is 1.03 bits per heavy atom. The van der Waals surface area contributed by atoms with Gasteiger partial charge in [-0.25, -0.2) is 0 Å². The van der Waals surface area contributed by atoms with Gasteiger partial charge in [-0.2, -0.15) is 0 Å². The summed E-state index contributed by atoms with van der Waals surface area (Å²) in [5, 5.41) is 0.855. The molecule has 2 aliphatic rings. The maximum Gasteiger partial charge on any atom is 0.0680 e. The Kier molecular flexibility index (Phi) is 12.6. The molecule has 1 heterocycles. The maximum atomic E-state index is 6.25. The van der Waals surface area contributed by atoms with Crippen LogP contribution in [0, 0.1) is 11.8 Å². The van der Waals surface area contributed by atoms with Gasteiger partial charge in [0.1, 0.15) is 0 Å². The van der Waals surface area contributed by atoms with Crippen LogP contribution in [0.15, 0.2) is 58.3 Å². The van der Waals surface area contributed by atoms with Gasteiger partial charge in [-0.1, -0.05) is 67.3 Å². The van der Waals surface area contributed by atoms with E-state index in [4.69, 9.17) is 16.3 Å². The normalized spacial score (nSPS) is 29.6. The van der Waals surface area contributed by atoms with E-state index in [1.165, 1.54) is 75.4 Å². The molecule has 0 amide bonds. The van der Waals surface area contributed by atoms with Crippen LogP contribution in [0.4, 0.5) is 0 Å². The Morgan fingerprint density at radius 3 is 2.55 bits per heavy atom. The van der Waals surface area contributed by atoms with Crippen molar-refractivity contribution >= 4 is 11.6 Å². The molecule has 2 fully saturated rings. The summed E-state index contributed by atoms with van der Waals surface area (Å²) in [7, 11) is 2.30. The molecule has 0 N–H and O–H groups in total. The minimum absolute atomic E-state index is 0.392. The zero-order chi connectivity index (χ0) is 24.2. The van der Waals surface area contributed by atoms with E-state index in [0.717, 1.165) is 24.1 Å². The number of halogens is 1. The number of likely N-dealkylation sites (N-methyl/N-ethyl adjacent to an activating group) is 1. The molecule has 0 spiro atoms. The van der Waals surface area contributed by atoms with Crippen LogP contribution in [0.25, 0.3) is 0 Å². The second-order valence-corrected chi connectivity index (χ2v) is 11.1. The highest BCUT2D eigenvalue weighted by molar-refractivity contribution is 6.29. The maximum absolute atomic E-state index is 6.25. The van der Waals surface area contributed by atoms with E-state index in [-0.39, 0.29) is 0 Å². The van der Waals surface area contributed by atoms with Crippen LogP contribution in [0.3, 0.4) is 0 Å². The fraction of sp³-hybridized carbons (Fsp3) is 0.667. The van der Waals surface area contributed by atoms with Crippen LogP contribution in [0.2, 0.25) is 0 Å². The van der Waals surface area contributed by atoms with Gasteiger partial charge in [0.15, 0.2) is 0 Å². The predicted octanol–water partition coefficient (Wildman–Crippen LogP) is 8.96. The van der Waals surface area contributed by atoms with Crippen LogP contribution in [-0.2, 0) is 4.74 Å². The van der Waals surface area contributed by atoms with Gasteiger partial charge in [-0.3, -0.25) is 0 Å². The molecule has 1 aliphatic heterocycles. The van der Waals surface area contributed by atoms with Crippen molar-refractivity contribution in [2.24, 2.45) is 11.8 Å². The number of allylic oxidation sites excluding steroid dienone is 7. The summed E-state index contributed by atoms with van der Waals surface area (Å²) in [6.45, 7) is 14.5. The highest BCUT2D eigenvalue weighted by atomic mass is 35.5.